The molecule has 0 radical (unpaired) electrons. The molecule has 33 heavy (non-hydrogen) atoms. The first-order valence-corrected chi connectivity index (χ1v) is 11.1. The summed E-state index contributed by atoms with van der Waals surface area (Å²) in [5.41, 5.74) is 3.16. The number of aromatic nitrogens is 1. The molecule has 1 aromatic heterocycles. The van der Waals surface area contributed by atoms with Crippen LogP contribution in [0.4, 0.5) is 17.2 Å². The summed E-state index contributed by atoms with van der Waals surface area (Å²) in [4.78, 5) is 33.2. The summed E-state index contributed by atoms with van der Waals surface area (Å²) < 4.78 is 0. The molecule has 7 nitrogen and oxygen atoms in total. The van der Waals surface area contributed by atoms with Crippen molar-refractivity contribution in [3.05, 3.63) is 82.5 Å². The predicted octanol–water partition coefficient (Wildman–Crippen LogP) is 4.71. The molecule has 2 aromatic carbocycles. The molecule has 0 bridgehead atoms. The number of pyridine rings is 1. The van der Waals surface area contributed by atoms with E-state index in [2.05, 4.69) is 47.2 Å². The summed E-state index contributed by atoms with van der Waals surface area (Å²) in [7, 11) is 0. The van der Waals surface area contributed by atoms with E-state index in [1.807, 2.05) is 11.0 Å². The Bertz CT molecular complexity index is 1180. The zero-order valence-electron chi connectivity index (χ0n) is 18.5. The molecular formula is C25H25ClN4O3. The van der Waals surface area contributed by atoms with Crippen LogP contribution in [0, 0.1) is 6.92 Å². The number of hydrogen-bond acceptors (Lipinski definition) is 5. The second-order valence-electron chi connectivity index (χ2n) is 8.19. The summed E-state index contributed by atoms with van der Waals surface area (Å²) in [6.07, 6.45) is 1.49. The van der Waals surface area contributed by atoms with Gasteiger partial charge in [0.05, 0.1) is 11.9 Å². The number of nitrogens with one attached hydrogen (secondary N) is 1. The third-order valence-electron chi connectivity index (χ3n) is 5.72. The van der Waals surface area contributed by atoms with Gasteiger partial charge in [-0.1, -0.05) is 23.7 Å². The molecule has 3 aromatic rings. The summed E-state index contributed by atoms with van der Waals surface area (Å²) in [6, 6.07) is 16.5. The number of nitrogens with zero attached hydrogens (tertiary/aromatic N) is 3. The van der Waals surface area contributed by atoms with E-state index < -0.39 is 5.97 Å². The number of anilines is 3. The largest absolute Gasteiger partial charge is 0.478 e. The summed E-state index contributed by atoms with van der Waals surface area (Å²) in [6.45, 7) is 6.22. The van der Waals surface area contributed by atoms with Gasteiger partial charge in [-0.25, -0.2) is 9.78 Å². The smallest absolute Gasteiger partial charge is 0.339 e. The Hall–Kier alpha value is -3.58. The zero-order chi connectivity index (χ0) is 23.5. The Morgan fingerprint density at radius 1 is 1.12 bits per heavy atom. The number of aromatic carboxylic acids is 1. The van der Waals surface area contributed by atoms with Crippen molar-refractivity contribution in [1.82, 2.24) is 4.98 Å². The topological polar surface area (TPSA) is 85.8 Å². The predicted molar refractivity (Wildman–Crippen MR) is 131 cm³/mol. The molecule has 2 N–H and O–H groups in total. The molecule has 0 spiro atoms. The minimum absolute atomic E-state index is 0.0557. The highest BCUT2D eigenvalue weighted by Crippen LogP contribution is 2.27. The van der Waals surface area contributed by atoms with E-state index in [4.69, 9.17) is 11.6 Å². The number of halogens is 1. The maximum absolute atomic E-state index is 12.5. The lowest BCUT2D eigenvalue weighted by atomic mass is 10.1. The molecule has 2 heterocycles. The van der Waals surface area contributed by atoms with Crippen molar-refractivity contribution >= 4 is 40.7 Å². The zero-order valence-corrected chi connectivity index (χ0v) is 19.2. The van der Waals surface area contributed by atoms with Gasteiger partial charge >= 0.3 is 5.97 Å². The number of piperazine rings is 1. The minimum atomic E-state index is -1.09. The summed E-state index contributed by atoms with van der Waals surface area (Å²) >= 11 is 5.87. The number of carboxylic acid groups (broad SMARTS) is 1. The van der Waals surface area contributed by atoms with Gasteiger partial charge in [-0.3, -0.25) is 4.79 Å². The van der Waals surface area contributed by atoms with E-state index in [1.54, 1.807) is 24.3 Å². The number of carboxylic acids is 1. The van der Waals surface area contributed by atoms with E-state index in [9.17, 15) is 14.7 Å². The monoisotopic (exact) mass is 464 g/mol. The van der Waals surface area contributed by atoms with Crippen LogP contribution < -0.4 is 15.1 Å². The Labute approximate surface area is 197 Å². The lowest BCUT2D eigenvalue weighted by Crippen LogP contribution is -2.52. The highest BCUT2D eigenvalue weighted by Gasteiger charge is 2.28. The Morgan fingerprint density at radius 2 is 1.88 bits per heavy atom. The van der Waals surface area contributed by atoms with Crippen LogP contribution in [-0.2, 0) is 0 Å². The van der Waals surface area contributed by atoms with Crippen LogP contribution in [0.15, 0.2) is 60.8 Å². The second-order valence-corrected chi connectivity index (χ2v) is 8.63. The highest BCUT2D eigenvalue weighted by atomic mass is 35.5. The molecule has 1 fully saturated rings. The van der Waals surface area contributed by atoms with E-state index in [0.29, 0.717) is 35.2 Å². The van der Waals surface area contributed by atoms with Crippen LogP contribution >= 0.6 is 11.6 Å². The fourth-order valence-corrected chi connectivity index (χ4v) is 4.21. The number of aryl methyl sites for hydroxylation is 1. The molecule has 1 unspecified atom stereocenters. The average Bonchev–Trinajstić information content (AvgIpc) is 2.79. The molecule has 1 atom stereocenters. The standard InChI is InChI=1S/C25H25ClN4O3/c1-16-4-3-5-21(12-16)30-11-10-29(15-17(30)2)23-22(25(32)33)13-20(14-27-23)28-24(31)18-6-8-19(26)9-7-18/h3-9,12-14,17H,10-11,15H2,1-2H3,(H,28,31)(H,32,33). The summed E-state index contributed by atoms with van der Waals surface area (Å²) in [5.74, 6) is -1.05. The first-order valence-electron chi connectivity index (χ1n) is 10.7. The third kappa shape index (κ3) is 5.09. The van der Waals surface area contributed by atoms with Gasteiger partial charge in [0.15, 0.2) is 0 Å². The highest BCUT2D eigenvalue weighted by molar-refractivity contribution is 6.30. The van der Waals surface area contributed by atoms with Gasteiger partial charge < -0.3 is 20.2 Å². The fraction of sp³-hybridized carbons (Fsp3) is 0.240. The van der Waals surface area contributed by atoms with Gasteiger partial charge in [0.25, 0.3) is 5.91 Å². The van der Waals surface area contributed by atoms with Crippen molar-refractivity contribution in [3.8, 4) is 0 Å². The lowest BCUT2D eigenvalue weighted by Gasteiger charge is -2.42. The average molecular weight is 465 g/mol. The quantitative estimate of drug-likeness (QED) is 0.568. The van der Waals surface area contributed by atoms with E-state index >= 15 is 0 Å². The van der Waals surface area contributed by atoms with Crippen molar-refractivity contribution in [2.75, 3.05) is 34.8 Å². The van der Waals surface area contributed by atoms with Gasteiger partial charge in [-0.2, -0.15) is 0 Å². The SMILES string of the molecule is Cc1cccc(N2CCN(c3ncc(NC(=O)c4ccc(Cl)cc4)cc3C(=O)O)CC2C)c1. The van der Waals surface area contributed by atoms with Crippen LogP contribution in [0.5, 0.6) is 0 Å². The maximum Gasteiger partial charge on any atom is 0.339 e. The summed E-state index contributed by atoms with van der Waals surface area (Å²) in [5, 5.41) is 13.1. The molecule has 1 aliphatic heterocycles. The molecule has 0 saturated carbocycles. The van der Waals surface area contributed by atoms with Crippen molar-refractivity contribution in [2.24, 2.45) is 0 Å². The van der Waals surface area contributed by atoms with Gasteiger partial charge in [-0.05, 0) is 61.9 Å². The van der Waals surface area contributed by atoms with Crippen molar-refractivity contribution in [1.29, 1.82) is 0 Å². The number of hydrogen-bond donors (Lipinski definition) is 2. The Morgan fingerprint density at radius 3 is 2.55 bits per heavy atom. The second kappa shape index (κ2) is 9.50. The normalized spacial score (nSPS) is 15.9. The van der Waals surface area contributed by atoms with Crippen molar-refractivity contribution in [3.63, 3.8) is 0 Å². The van der Waals surface area contributed by atoms with E-state index in [0.717, 1.165) is 12.2 Å². The maximum atomic E-state index is 12.5. The van der Waals surface area contributed by atoms with Crippen molar-refractivity contribution < 1.29 is 14.7 Å². The van der Waals surface area contributed by atoms with E-state index in [-0.39, 0.29) is 17.5 Å². The molecule has 8 heteroatoms. The molecule has 170 valence electrons. The van der Waals surface area contributed by atoms with E-state index in [1.165, 1.54) is 17.8 Å². The van der Waals surface area contributed by atoms with Gasteiger partial charge in [0, 0.05) is 41.9 Å². The number of carbonyl (C=O) groups is 2. The lowest BCUT2D eigenvalue weighted by molar-refractivity contribution is 0.0696. The van der Waals surface area contributed by atoms with Crippen LogP contribution in [0.3, 0.4) is 0 Å². The van der Waals surface area contributed by atoms with Crippen LogP contribution in [0.1, 0.15) is 33.2 Å². The number of benzene rings is 2. The Kier molecular flexibility index (Phi) is 6.51. The third-order valence-corrected chi connectivity index (χ3v) is 5.97. The molecule has 0 aliphatic carbocycles. The minimum Gasteiger partial charge on any atom is -0.478 e. The Balaban J connectivity index is 1.52. The van der Waals surface area contributed by atoms with Gasteiger partial charge in [0.1, 0.15) is 11.4 Å². The number of amides is 1. The number of rotatable bonds is 5. The molecule has 1 saturated heterocycles. The van der Waals surface area contributed by atoms with Gasteiger partial charge in [0.2, 0.25) is 0 Å². The first kappa shape index (κ1) is 22.6. The number of carbonyl (C=O) groups excluding carboxylic acids is 1. The van der Waals surface area contributed by atoms with Crippen LogP contribution in [-0.4, -0.2) is 47.6 Å². The molecule has 1 amide bonds. The van der Waals surface area contributed by atoms with Crippen LogP contribution in [0.25, 0.3) is 0 Å². The molecule has 4 rings (SSSR count). The first-order chi connectivity index (χ1) is 15.8. The van der Waals surface area contributed by atoms with Gasteiger partial charge in [-0.15, -0.1) is 0 Å². The molecular weight excluding hydrogens is 440 g/mol. The molecule has 1 aliphatic rings. The fourth-order valence-electron chi connectivity index (χ4n) is 4.08. The van der Waals surface area contributed by atoms with Crippen LogP contribution in [0.2, 0.25) is 5.02 Å². The van der Waals surface area contributed by atoms with Crippen molar-refractivity contribution in [2.45, 2.75) is 19.9 Å².